The summed E-state index contributed by atoms with van der Waals surface area (Å²) in [6.45, 7) is 2.23. The maximum Gasteiger partial charge on any atom is 0.326 e. The second kappa shape index (κ2) is 7.72. The van der Waals surface area contributed by atoms with Gasteiger partial charge in [0.05, 0.1) is 17.6 Å². The molecule has 0 saturated heterocycles. The van der Waals surface area contributed by atoms with Gasteiger partial charge in [-0.25, -0.2) is 4.98 Å². The molecule has 0 amide bonds. The monoisotopic (exact) mass is 374 g/mol. The molecule has 0 aliphatic carbocycles. The van der Waals surface area contributed by atoms with Crippen LogP contribution in [-0.2, 0) is 16.1 Å². The van der Waals surface area contributed by atoms with Crippen molar-refractivity contribution in [1.29, 1.82) is 0 Å². The fraction of sp³-hybridized carbons (Fsp3) is 0.158. The summed E-state index contributed by atoms with van der Waals surface area (Å²) in [5.74, 6) is 0.352. The van der Waals surface area contributed by atoms with E-state index in [0.29, 0.717) is 22.5 Å². The summed E-state index contributed by atoms with van der Waals surface area (Å²) in [6.07, 6.45) is 3.68. The number of ether oxygens (including phenoxy) is 1. The lowest BCUT2D eigenvalue weighted by Gasteiger charge is -2.06. The maximum absolute atomic E-state index is 11.9. The van der Waals surface area contributed by atoms with E-state index in [0.717, 1.165) is 16.6 Å². The molecule has 0 unspecified atom stereocenters. The third-order valence-electron chi connectivity index (χ3n) is 3.65. The third-order valence-corrected chi connectivity index (χ3v) is 4.21. The molecule has 0 radical (unpaired) electrons. The van der Waals surface area contributed by atoms with Crippen molar-refractivity contribution in [1.82, 2.24) is 9.55 Å². The van der Waals surface area contributed by atoms with Crippen molar-refractivity contribution in [3.63, 3.8) is 0 Å². The van der Waals surface area contributed by atoms with Crippen LogP contribution in [0.1, 0.15) is 18.3 Å². The van der Waals surface area contributed by atoms with E-state index in [9.17, 15) is 4.79 Å². The molecule has 1 heterocycles. The van der Waals surface area contributed by atoms with E-state index >= 15 is 0 Å². The quantitative estimate of drug-likeness (QED) is 0.585. The number of hydrogen-bond acceptors (Lipinski definition) is 3. The fourth-order valence-corrected chi connectivity index (χ4v) is 3.00. The van der Waals surface area contributed by atoms with Crippen molar-refractivity contribution in [3.8, 4) is 0 Å². The number of carbonyl (C=O) groups is 1. The summed E-state index contributed by atoms with van der Waals surface area (Å²) in [6, 6.07) is 12.9. The zero-order chi connectivity index (χ0) is 17.8. The molecule has 0 N–H and O–H groups in total. The van der Waals surface area contributed by atoms with Crippen LogP contribution in [0.4, 0.5) is 0 Å². The number of carbonyl (C=O) groups excluding carboxylic acids is 1. The topological polar surface area (TPSA) is 44.1 Å². The highest BCUT2D eigenvalue weighted by Gasteiger charge is 2.12. The Bertz CT molecular complexity index is 948. The Morgan fingerprint density at radius 2 is 2.00 bits per heavy atom. The third kappa shape index (κ3) is 4.03. The second-order valence-electron chi connectivity index (χ2n) is 5.35. The van der Waals surface area contributed by atoms with E-state index in [2.05, 4.69) is 4.98 Å². The van der Waals surface area contributed by atoms with Crippen molar-refractivity contribution in [2.24, 2.45) is 0 Å². The largest absolute Gasteiger partial charge is 0.465 e. The summed E-state index contributed by atoms with van der Waals surface area (Å²) < 4.78 is 6.89. The molecule has 0 aliphatic rings. The highest BCUT2D eigenvalue weighted by molar-refractivity contribution is 6.35. The predicted molar refractivity (Wildman–Crippen MR) is 102 cm³/mol. The number of halogens is 2. The number of rotatable bonds is 5. The van der Waals surface area contributed by atoms with Crippen molar-refractivity contribution in [2.75, 3.05) is 6.61 Å². The first-order valence-corrected chi connectivity index (χ1v) is 8.58. The molecule has 0 saturated carbocycles. The van der Waals surface area contributed by atoms with Gasteiger partial charge in [0, 0.05) is 10.0 Å². The zero-order valence-corrected chi connectivity index (χ0v) is 15.1. The Morgan fingerprint density at radius 3 is 2.76 bits per heavy atom. The van der Waals surface area contributed by atoms with E-state index in [1.165, 1.54) is 0 Å². The van der Waals surface area contributed by atoms with Crippen LogP contribution in [0.15, 0.2) is 42.5 Å². The van der Waals surface area contributed by atoms with Gasteiger partial charge >= 0.3 is 5.97 Å². The van der Waals surface area contributed by atoms with Gasteiger partial charge in [0.25, 0.3) is 0 Å². The van der Waals surface area contributed by atoms with Crippen LogP contribution in [0.3, 0.4) is 0 Å². The molecule has 0 bridgehead atoms. The average molecular weight is 375 g/mol. The Labute approximate surface area is 155 Å². The molecule has 0 spiro atoms. The Balaban J connectivity index is 1.99. The van der Waals surface area contributed by atoms with Crippen molar-refractivity contribution in [2.45, 2.75) is 13.5 Å². The Hall–Kier alpha value is -2.30. The average Bonchev–Trinajstić information content (AvgIpc) is 2.92. The number of nitrogens with zero attached hydrogens (tertiary/aromatic N) is 2. The zero-order valence-electron chi connectivity index (χ0n) is 13.6. The van der Waals surface area contributed by atoms with Gasteiger partial charge in [0.15, 0.2) is 0 Å². The smallest absolute Gasteiger partial charge is 0.326 e. The van der Waals surface area contributed by atoms with Crippen molar-refractivity contribution >= 4 is 52.4 Å². The summed E-state index contributed by atoms with van der Waals surface area (Å²) >= 11 is 12.1. The lowest BCUT2D eigenvalue weighted by Crippen LogP contribution is -2.14. The van der Waals surface area contributed by atoms with Gasteiger partial charge in [-0.1, -0.05) is 41.4 Å². The van der Waals surface area contributed by atoms with Gasteiger partial charge in [-0.05, 0) is 48.9 Å². The summed E-state index contributed by atoms with van der Waals surface area (Å²) in [5.41, 5.74) is 2.51. The fourth-order valence-electron chi connectivity index (χ4n) is 2.52. The molecule has 4 nitrogen and oxygen atoms in total. The minimum Gasteiger partial charge on any atom is -0.465 e. The lowest BCUT2D eigenvalue weighted by atomic mass is 10.2. The van der Waals surface area contributed by atoms with Crippen LogP contribution in [0.2, 0.25) is 10.0 Å². The molecular weight excluding hydrogens is 359 g/mol. The van der Waals surface area contributed by atoms with Crippen LogP contribution >= 0.6 is 23.2 Å². The molecule has 0 aliphatic heterocycles. The molecule has 0 atom stereocenters. The number of imidazole rings is 1. The van der Waals surface area contributed by atoms with Crippen molar-refractivity contribution in [3.05, 3.63) is 63.9 Å². The predicted octanol–water partition coefficient (Wildman–Crippen LogP) is 5.08. The number of esters is 1. The van der Waals surface area contributed by atoms with Gasteiger partial charge in [-0.2, -0.15) is 0 Å². The number of aromatic nitrogens is 2. The van der Waals surface area contributed by atoms with Gasteiger partial charge in [-0.15, -0.1) is 0 Å². The molecule has 25 heavy (non-hydrogen) atoms. The molecule has 2 aromatic carbocycles. The molecule has 6 heteroatoms. The van der Waals surface area contributed by atoms with E-state index < -0.39 is 0 Å². The second-order valence-corrected chi connectivity index (χ2v) is 6.19. The van der Waals surface area contributed by atoms with Gasteiger partial charge < -0.3 is 9.30 Å². The normalized spacial score (nSPS) is 11.3. The van der Waals surface area contributed by atoms with Crippen LogP contribution in [-0.4, -0.2) is 22.1 Å². The summed E-state index contributed by atoms with van der Waals surface area (Å²) in [4.78, 5) is 16.5. The Morgan fingerprint density at radius 1 is 1.20 bits per heavy atom. The first kappa shape index (κ1) is 17.5. The molecule has 3 aromatic rings. The van der Waals surface area contributed by atoms with Gasteiger partial charge in [-0.3, -0.25) is 4.79 Å². The van der Waals surface area contributed by atoms with E-state index in [1.54, 1.807) is 19.1 Å². The highest BCUT2D eigenvalue weighted by Crippen LogP contribution is 2.24. The van der Waals surface area contributed by atoms with E-state index in [1.807, 2.05) is 47.1 Å². The molecule has 1 aromatic heterocycles. The lowest BCUT2D eigenvalue weighted by molar-refractivity contribution is -0.143. The van der Waals surface area contributed by atoms with E-state index in [-0.39, 0.29) is 12.5 Å². The highest BCUT2D eigenvalue weighted by atomic mass is 35.5. The molecular formula is C19H16Cl2N2O2. The minimum absolute atomic E-state index is 0.0996. The number of hydrogen-bond donors (Lipinski definition) is 0. The Kier molecular flexibility index (Phi) is 5.41. The first-order valence-electron chi connectivity index (χ1n) is 7.82. The molecule has 0 fully saturated rings. The van der Waals surface area contributed by atoms with Gasteiger partial charge in [0.2, 0.25) is 0 Å². The van der Waals surface area contributed by atoms with E-state index in [4.69, 9.17) is 27.9 Å². The number of fused-ring (bicyclic) bond motifs is 1. The summed E-state index contributed by atoms with van der Waals surface area (Å²) in [7, 11) is 0. The molecule has 3 rings (SSSR count). The van der Waals surface area contributed by atoms with Crippen LogP contribution in [0.5, 0.6) is 0 Å². The van der Waals surface area contributed by atoms with Crippen LogP contribution in [0, 0.1) is 0 Å². The summed E-state index contributed by atoms with van der Waals surface area (Å²) in [5, 5.41) is 1.13. The van der Waals surface area contributed by atoms with Gasteiger partial charge in [0.1, 0.15) is 12.4 Å². The number of benzene rings is 2. The molecule has 128 valence electrons. The minimum atomic E-state index is -0.301. The maximum atomic E-state index is 11.9. The number of para-hydroxylation sites is 2. The standard InChI is InChI=1S/C19H16Cl2N2O2/c1-2-25-19(24)12-23-17-6-4-3-5-16(17)22-18(23)10-8-13-7-9-14(20)11-15(13)21/h3-11H,2,12H2,1H3/b10-8+. The SMILES string of the molecule is CCOC(=O)Cn1c(/C=C/c2ccc(Cl)cc2Cl)nc2ccccc21. The van der Waals surface area contributed by atoms with Crippen molar-refractivity contribution < 1.29 is 9.53 Å². The van der Waals surface area contributed by atoms with Crippen LogP contribution in [0.25, 0.3) is 23.2 Å². The van der Waals surface area contributed by atoms with Crippen LogP contribution < -0.4 is 0 Å². The first-order chi connectivity index (χ1) is 12.1.